The van der Waals surface area contributed by atoms with Crippen LogP contribution in [0.5, 0.6) is 0 Å². The number of H-pyrrole nitrogens is 1. The lowest BCUT2D eigenvalue weighted by atomic mass is 10.1. The number of hydrogen-bond acceptors (Lipinski definition) is 4. The maximum atomic E-state index is 5.78. The Labute approximate surface area is 107 Å². The number of nitrogens with two attached hydrogens (primary N) is 1. The molecule has 0 saturated carbocycles. The molecule has 0 bridgehead atoms. The minimum Gasteiger partial charge on any atom is -0.382 e. The predicted molar refractivity (Wildman–Crippen MR) is 72.5 cm³/mol. The maximum Gasteiger partial charge on any atom is 0.154 e. The van der Waals surface area contributed by atoms with Crippen molar-refractivity contribution in [2.75, 3.05) is 5.73 Å². The Morgan fingerprint density at radius 2 is 2.16 bits per heavy atom. The van der Waals surface area contributed by atoms with Gasteiger partial charge in [-0.05, 0) is 12.1 Å². The summed E-state index contributed by atoms with van der Waals surface area (Å²) in [5, 5.41) is 12.1. The third kappa shape index (κ3) is 1.40. The van der Waals surface area contributed by atoms with Crippen molar-refractivity contribution in [2.45, 2.75) is 0 Å². The molecule has 92 valence electrons. The number of nitrogen functional groups attached to an aromatic ring is 1. The van der Waals surface area contributed by atoms with Crippen LogP contribution in [0.15, 0.2) is 43.0 Å². The topological polar surface area (TPSA) is 84.9 Å². The van der Waals surface area contributed by atoms with Crippen LogP contribution in [0.4, 0.5) is 5.82 Å². The van der Waals surface area contributed by atoms with Crippen LogP contribution in [0.3, 0.4) is 0 Å². The Morgan fingerprint density at radius 3 is 3.00 bits per heavy atom. The maximum absolute atomic E-state index is 5.78. The van der Waals surface area contributed by atoms with E-state index in [0.717, 1.165) is 27.5 Å². The van der Waals surface area contributed by atoms with E-state index in [1.54, 1.807) is 12.4 Å². The molecule has 4 rings (SSSR count). The molecule has 0 spiro atoms. The molecule has 6 nitrogen and oxygen atoms in total. The Hall–Kier alpha value is -2.89. The Kier molecular flexibility index (Phi) is 1.88. The summed E-state index contributed by atoms with van der Waals surface area (Å²) in [5.74, 6) is 0.467. The second-order valence-corrected chi connectivity index (χ2v) is 4.34. The van der Waals surface area contributed by atoms with Crippen LogP contribution in [0.1, 0.15) is 0 Å². The van der Waals surface area contributed by atoms with E-state index in [1.165, 1.54) is 0 Å². The number of aromatic amines is 1. The molecule has 0 radical (unpaired) electrons. The van der Waals surface area contributed by atoms with E-state index in [1.807, 2.05) is 35.1 Å². The normalized spacial score (nSPS) is 11.4. The SMILES string of the molecule is Nc1n[nH]c2c1cnn1cc(-c3cccnc3)cc21. The summed E-state index contributed by atoms with van der Waals surface area (Å²) in [7, 11) is 0. The van der Waals surface area contributed by atoms with Gasteiger partial charge in [0, 0.05) is 29.7 Å². The fourth-order valence-corrected chi connectivity index (χ4v) is 2.24. The van der Waals surface area contributed by atoms with Gasteiger partial charge in [0.1, 0.15) is 0 Å². The average Bonchev–Trinajstić information content (AvgIpc) is 3.03. The monoisotopic (exact) mass is 250 g/mol. The van der Waals surface area contributed by atoms with Crippen LogP contribution in [0.2, 0.25) is 0 Å². The molecule has 0 aliphatic heterocycles. The Morgan fingerprint density at radius 1 is 1.21 bits per heavy atom. The molecule has 0 fully saturated rings. The van der Waals surface area contributed by atoms with Crippen molar-refractivity contribution in [1.82, 2.24) is 24.8 Å². The summed E-state index contributed by atoms with van der Waals surface area (Å²) in [6.07, 6.45) is 7.26. The van der Waals surface area contributed by atoms with Crippen LogP contribution in [-0.2, 0) is 0 Å². The van der Waals surface area contributed by atoms with Gasteiger partial charge in [-0.25, -0.2) is 4.52 Å². The number of aromatic nitrogens is 5. The fraction of sp³-hybridized carbons (Fsp3) is 0. The first-order chi connectivity index (χ1) is 9.33. The molecule has 4 aromatic heterocycles. The summed E-state index contributed by atoms with van der Waals surface area (Å²) in [6.45, 7) is 0. The Bertz CT molecular complexity index is 874. The third-order valence-corrected chi connectivity index (χ3v) is 3.20. The van der Waals surface area contributed by atoms with Crippen LogP contribution >= 0.6 is 0 Å². The molecule has 4 aromatic rings. The number of anilines is 1. The summed E-state index contributed by atoms with van der Waals surface area (Å²) in [6, 6.07) is 5.97. The summed E-state index contributed by atoms with van der Waals surface area (Å²) in [5.41, 5.74) is 9.73. The van der Waals surface area contributed by atoms with Gasteiger partial charge in [-0.2, -0.15) is 10.2 Å². The van der Waals surface area contributed by atoms with E-state index >= 15 is 0 Å². The molecule has 0 unspecified atom stereocenters. The fourth-order valence-electron chi connectivity index (χ4n) is 2.24. The summed E-state index contributed by atoms with van der Waals surface area (Å²) < 4.78 is 1.81. The van der Waals surface area contributed by atoms with E-state index in [0.29, 0.717) is 5.82 Å². The minimum absolute atomic E-state index is 0.467. The van der Waals surface area contributed by atoms with Crippen LogP contribution in [0.25, 0.3) is 27.5 Å². The zero-order valence-electron chi connectivity index (χ0n) is 9.91. The van der Waals surface area contributed by atoms with Gasteiger partial charge in [0.2, 0.25) is 0 Å². The highest BCUT2D eigenvalue weighted by Gasteiger charge is 2.10. The highest BCUT2D eigenvalue weighted by molar-refractivity contribution is 5.98. The van der Waals surface area contributed by atoms with Gasteiger partial charge in [0.25, 0.3) is 0 Å². The zero-order valence-corrected chi connectivity index (χ0v) is 9.91. The highest BCUT2D eigenvalue weighted by Crippen LogP contribution is 2.26. The third-order valence-electron chi connectivity index (χ3n) is 3.20. The lowest BCUT2D eigenvalue weighted by molar-refractivity contribution is 0.951. The number of nitrogens with zero attached hydrogens (tertiary/aromatic N) is 4. The number of hydrogen-bond donors (Lipinski definition) is 2. The summed E-state index contributed by atoms with van der Waals surface area (Å²) in [4.78, 5) is 4.13. The molecule has 0 aromatic carbocycles. The van der Waals surface area contributed by atoms with E-state index < -0.39 is 0 Å². The molecule has 0 atom stereocenters. The van der Waals surface area contributed by atoms with Crippen LogP contribution in [-0.4, -0.2) is 24.8 Å². The molecular formula is C13H10N6. The number of fused-ring (bicyclic) bond motifs is 3. The van der Waals surface area contributed by atoms with Gasteiger partial charge < -0.3 is 5.73 Å². The quantitative estimate of drug-likeness (QED) is 0.540. The van der Waals surface area contributed by atoms with Crippen molar-refractivity contribution >= 4 is 22.2 Å². The predicted octanol–water partition coefficient (Wildman–Crippen LogP) is 1.85. The van der Waals surface area contributed by atoms with Crippen molar-refractivity contribution < 1.29 is 0 Å². The first-order valence-corrected chi connectivity index (χ1v) is 5.84. The number of pyridine rings is 1. The van der Waals surface area contributed by atoms with E-state index in [-0.39, 0.29) is 0 Å². The van der Waals surface area contributed by atoms with Gasteiger partial charge in [0.05, 0.1) is 22.6 Å². The standard InChI is InChI=1S/C13H10N6/c14-13-10-6-16-19-7-9(8-2-1-3-15-5-8)4-11(19)12(10)17-18-13/h1-7H,(H3,14,17,18). The Balaban J connectivity index is 2.04. The second kappa shape index (κ2) is 3.55. The largest absolute Gasteiger partial charge is 0.382 e. The van der Waals surface area contributed by atoms with Crippen LogP contribution < -0.4 is 5.73 Å². The summed E-state index contributed by atoms with van der Waals surface area (Å²) >= 11 is 0. The van der Waals surface area contributed by atoms with E-state index in [4.69, 9.17) is 5.73 Å². The van der Waals surface area contributed by atoms with E-state index in [2.05, 4.69) is 20.3 Å². The molecule has 19 heavy (non-hydrogen) atoms. The first kappa shape index (κ1) is 10.1. The van der Waals surface area contributed by atoms with Gasteiger partial charge in [-0.15, -0.1) is 0 Å². The van der Waals surface area contributed by atoms with E-state index in [9.17, 15) is 0 Å². The first-order valence-electron chi connectivity index (χ1n) is 5.84. The molecular weight excluding hydrogens is 240 g/mol. The molecule has 0 aliphatic rings. The van der Waals surface area contributed by atoms with Crippen molar-refractivity contribution in [2.24, 2.45) is 0 Å². The van der Waals surface area contributed by atoms with Crippen molar-refractivity contribution in [1.29, 1.82) is 0 Å². The molecule has 0 aliphatic carbocycles. The smallest absolute Gasteiger partial charge is 0.154 e. The second-order valence-electron chi connectivity index (χ2n) is 4.34. The van der Waals surface area contributed by atoms with Gasteiger partial charge in [-0.3, -0.25) is 10.1 Å². The van der Waals surface area contributed by atoms with Crippen molar-refractivity contribution in [3.63, 3.8) is 0 Å². The van der Waals surface area contributed by atoms with Gasteiger partial charge >= 0.3 is 0 Å². The molecule has 3 N–H and O–H groups in total. The van der Waals surface area contributed by atoms with Crippen molar-refractivity contribution in [3.05, 3.63) is 43.0 Å². The lowest BCUT2D eigenvalue weighted by Gasteiger charge is -1.93. The van der Waals surface area contributed by atoms with Crippen molar-refractivity contribution in [3.8, 4) is 11.1 Å². The molecule has 0 saturated heterocycles. The molecule has 6 heteroatoms. The average molecular weight is 250 g/mol. The number of rotatable bonds is 1. The van der Waals surface area contributed by atoms with Gasteiger partial charge in [0.15, 0.2) is 5.82 Å². The van der Waals surface area contributed by atoms with Gasteiger partial charge in [-0.1, -0.05) is 6.07 Å². The van der Waals surface area contributed by atoms with Crippen LogP contribution in [0, 0.1) is 0 Å². The molecule has 4 heterocycles. The lowest BCUT2D eigenvalue weighted by Crippen LogP contribution is -1.89. The zero-order chi connectivity index (χ0) is 12.8. The molecule has 0 amide bonds. The highest BCUT2D eigenvalue weighted by atomic mass is 15.2. The number of nitrogens with one attached hydrogen (secondary N) is 1. The minimum atomic E-state index is 0.467.